The molecule has 0 radical (unpaired) electrons. The third kappa shape index (κ3) is 3.97. The summed E-state index contributed by atoms with van der Waals surface area (Å²) in [5.41, 5.74) is 0.429. The van der Waals surface area contributed by atoms with Gasteiger partial charge in [-0.15, -0.1) is 0 Å². The summed E-state index contributed by atoms with van der Waals surface area (Å²) in [7, 11) is 0. The number of aliphatic hydroxyl groups excluding tert-OH is 1. The summed E-state index contributed by atoms with van der Waals surface area (Å²) in [6.07, 6.45) is 4.56. The number of aliphatic hydroxyl groups is 1. The van der Waals surface area contributed by atoms with E-state index in [1.807, 2.05) is 0 Å². The highest BCUT2D eigenvalue weighted by molar-refractivity contribution is 5.88. The van der Waals surface area contributed by atoms with Gasteiger partial charge in [0.2, 0.25) is 0 Å². The monoisotopic (exact) mass is 154 g/mol. The first-order chi connectivity index (χ1) is 5.22. The zero-order valence-corrected chi connectivity index (χ0v) is 6.28. The molecule has 0 aliphatic rings. The summed E-state index contributed by atoms with van der Waals surface area (Å²) < 4.78 is 4.42. The molecule has 0 atom stereocenters. The van der Waals surface area contributed by atoms with Gasteiger partial charge in [0, 0.05) is 5.57 Å². The molecule has 0 fully saturated rings. The van der Waals surface area contributed by atoms with Crippen molar-refractivity contribution in [3.8, 4) is 0 Å². The third-order valence-corrected chi connectivity index (χ3v) is 0.926. The lowest BCUT2D eigenvalue weighted by molar-refractivity contribution is -0.133. The summed E-state index contributed by atoms with van der Waals surface area (Å²) in [5, 5.41) is 8.13. The molecule has 0 heterocycles. The van der Waals surface area contributed by atoms with E-state index in [2.05, 4.69) is 11.3 Å². The van der Waals surface area contributed by atoms with Crippen molar-refractivity contribution in [2.45, 2.75) is 6.92 Å². The SMILES string of the molecule is C=C/C=C(\C)C(=O)O/C=C/O. The van der Waals surface area contributed by atoms with Gasteiger partial charge >= 0.3 is 5.97 Å². The number of allylic oxidation sites excluding steroid dienone is 2. The molecule has 0 unspecified atom stereocenters. The number of esters is 1. The topological polar surface area (TPSA) is 46.5 Å². The molecule has 11 heavy (non-hydrogen) atoms. The molecule has 0 spiro atoms. The van der Waals surface area contributed by atoms with Gasteiger partial charge in [-0.2, -0.15) is 0 Å². The van der Waals surface area contributed by atoms with Crippen molar-refractivity contribution >= 4 is 5.97 Å². The molecule has 3 nitrogen and oxygen atoms in total. The molecule has 0 aromatic rings. The fraction of sp³-hybridized carbons (Fsp3) is 0.125. The summed E-state index contributed by atoms with van der Waals surface area (Å²) in [4.78, 5) is 10.8. The van der Waals surface area contributed by atoms with Crippen molar-refractivity contribution in [3.05, 3.63) is 36.8 Å². The minimum absolute atomic E-state index is 0.429. The maximum Gasteiger partial charge on any atom is 0.338 e. The number of ether oxygens (including phenoxy) is 1. The maximum absolute atomic E-state index is 10.8. The third-order valence-electron chi connectivity index (χ3n) is 0.926. The van der Waals surface area contributed by atoms with Crippen LogP contribution in [0.3, 0.4) is 0 Å². The molecule has 0 bridgehead atoms. The smallest absolute Gasteiger partial charge is 0.338 e. The van der Waals surface area contributed by atoms with Crippen LogP contribution in [0.1, 0.15) is 6.92 Å². The molecular formula is C8H10O3. The Morgan fingerprint density at radius 1 is 1.64 bits per heavy atom. The highest BCUT2D eigenvalue weighted by Gasteiger charge is 2.00. The van der Waals surface area contributed by atoms with Crippen LogP contribution in [-0.4, -0.2) is 11.1 Å². The van der Waals surface area contributed by atoms with Gasteiger partial charge in [-0.3, -0.25) is 0 Å². The summed E-state index contributed by atoms with van der Waals surface area (Å²) in [6.45, 7) is 5.00. The zero-order chi connectivity index (χ0) is 8.69. The van der Waals surface area contributed by atoms with Gasteiger partial charge in [-0.25, -0.2) is 4.79 Å². The lowest BCUT2D eigenvalue weighted by atomic mass is 10.3. The number of hydrogen-bond donors (Lipinski definition) is 1. The summed E-state index contributed by atoms with van der Waals surface area (Å²) in [6, 6.07) is 0. The Kier molecular flexibility index (Phi) is 4.56. The Bertz CT molecular complexity index is 201. The first kappa shape index (κ1) is 9.49. The van der Waals surface area contributed by atoms with Crippen LogP contribution in [-0.2, 0) is 9.53 Å². The van der Waals surface area contributed by atoms with Gasteiger partial charge in [-0.05, 0) is 6.92 Å². The number of rotatable bonds is 3. The van der Waals surface area contributed by atoms with Crippen LogP contribution in [0.2, 0.25) is 0 Å². The quantitative estimate of drug-likeness (QED) is 0.291. The second kappa shape index (κ2) is 5.29. The van der Waals surface area contributed by atoms with Gasteiger partial charge in [0.1, 0.15) is 12.5 Å². The first-order valence-electron chi connectivity index (χ1n) is 3.02. The minimum Gasteiger partial charge on any atom is -0.512 e. The Balaban J connectivity index is 4.03. The van der Waals surface area contributed by atoms with E-state index in [0.29, 0.717) is 11.8 Å². The van der Waals surface area contributed by atoms with E-state index in [1.165, 1.54) is 12.2 Å². The average Bonchev–Trinajstić information content (AvgIpc) is 2.00. The van der Waals surface area contributed by atoms with Crippen molar-refractivity contribution in [1.82, 2.24) is 0 Å². The molecule has 0 aromatic heterocycles. The van der Waals surface area contributed by atoms with E-state index in [0.717, 1.165) is 6.26 Å². The van der Waals surface area contributed by atoms with Crippen LogP contribution in [0.15, 0.2) is 36.8 Å². The lowest BCUT2D eigenvalue weighted by Crippen LogP contribution is -2.00. The molecule has 0 aromatic carbocycles. The molecule has 0 saturated carbocycles. The molecular weight excluding hydrogens is 144 g/mol. The molecule has 3 heteroatoms. The van der Waals surface area contributed by atoms with Crippen molar-refractivity contribution in [2.75, 3.05) is 0 Å². The Hall–Kier alpha value is -1.51. The molecule has 1 N–H and O–H groups in total. The standard InChI is InChI=1S/C8H10O3/c1-3-4-7(2)8(10)11-6-5-9/h3-6,9H,1H2,2H3/b6-5+,7-4+. The van der Waals surface area contributed by atoms with Crippen LogP contribution in [0.4, 0.5) is 0 Å². The fourth-order valence-corrected chi connectivity index (χ4v) is 0.430. The Labute approximate surface area is 65.3 Å². The molecule has 0 aliphatic heterocycles. The average molecular weight is 154 g/mol. The molecule has 0 aliphatic carbocycles. The predicted molar refractivity (Wildman–Crippen MR) is 41.8 cm³/mol. The largest absolute Gasteiger partial charge is 0.512 e. The van der Waals surface area contributed by atoms with E-state index < -0.39 is 5.97 Å². The van der Waals surface area contributed by atoms with Crippen LogP contribution in [0, 0.1) is 0 Å². The Morgan fingerprint density at radius 3 is 2.73 bits per heavy atom. The maximum atomic E-state index is 10.8. The minimum atomic E-state index is -0.504. The summed E-state index contributed by atoms with van der Waals surface area (Å²) >= 11 is 0. The normalized spacial score (nSPS) is 11.5. The van der Waals surface area contributed by atoms with Crippen molar-refractivity contribution < 1.29 is 14.6 Å². The van der Waals surface area contributed by atoms with Crippen LogP contribution < -0.4 is 0 Å². The number of hydrogen-bond acceptors (Lipinski definition) is 3. The Morgan fingerprint density at radius 2 is 2.27 bits per heavy atom. The van der Waals surface area contributed by atoms with Crippen molar-refractivity contribution in [1.29, 1.82) is 0 Å². The van der Waals surface area contributed by atoms with Crippen molar-refractivity contribution in [3.63, 3.8) is 0 Å². The molecule has 0 saturated heterocycles. The highest BCUT2D eigenvalue weighted by Crippen LogP contribution is 1.96. The van der Waals surface area contributed by atoms with Crippen LogP contribution >= 0.6 is 0 Å². The molecule has 0 amide bonds. The summed E-state index contributed by atoms with van der Waals surface area (Å²) in [5.74, 6) is -0.504. The van der Waals surface area contributed by atoms with E-state index in [4.69, 9.17) is 5.11 Å². The lowest BCUT2D eigenvalue weighted by Gasteiger charge is -1.95. The highest BCUT2D eigenvalue weighted by atomic mass is 16.5. The number of carbonyl (C=O) groups excluding carboxylic acids is 1. The van der Waals surface area contributed by atoms with E-state index >= 15 is 0 Å². The van der Waals surface area contributed by atoms with Gasteiger partial charge in [0.15, 0.2) is 0 Å². The first-order valence-corrected chi connectivity index (χ1v) is 3.02. The zero-order valence-electron chi connectivity index (χ0n) is 6.28. The second-order valence-electron chi connectivity index (χ2n) is 1.78. The fourth-order valence-electron chi connectivity index (χ4n) is 0.430. The predicted octanol–water partition coefficient (Wildman–Crippen LogP) is 1.69. The molecule has 0 rings (SSSR count). The van der Waals surface area contributed by atoms with Crippen molar-refractivity contribution in [2.24, 2.45) is 0 Å². The van der Waals surface area contributed by atoms with E-state index in [1.54, 1.807) is 6.92 Å². The van der Waals surface area contributed by atoms with Gasteiger partial charge in [-0.1, -0.05) is 18.7 Å². The van der Waals surface area contributed by atoms with Gasteiger partial charge in [0.25, 0.3) is 0 Å². The van der Waals surface area contributed by atoms with E-state index in [-0.39, 0.29) is 0 Å². The second-order valence-corrected chi connectivity index (χ2v) is 1.78. The number of carbonyl (C=O) groups is 1. The van der Waals surface area contributed by atoms with Crippen LogP contribution in [0.25, 0.3) is 0 Å². The van der Waals surface area contributed by atoms with Gasteiger partial charge < -0.3 is 9.84 Å². The van der Waals surface area contributed by atoms with Gasteiger partial charge in [0.05, 0.1) is 0 Å². The van der Waals surface area contributed by atoms with E-state index in [9.17, 15) is 4.79 Å². The van der Waals surface area contributed by atoms with Crippen LogP contribution in [0.5, 0.6) is 0 Å². The molecule has 60 valence electrons.